The SMILES string of the molecule is CCCc1c(NC)ncnc1N(C)Cc1cccc(C)c1. The molecule has 0 aliphatic carbocycles. The number of hydrogen-bond donors (Lipinski definition) is 1. The lowest BCUT2D eigenvalue weighted by atomic mass is 10.1. The molecule has 1 N–H and O–H groups in total. The molecule has 0 saturated carbocycles. The highest BCUT2D eigenvalue weighted by molar-refractivity contribution is 5.58. The van der Waals surface area contributed by atoms with Crippen molar-refractivity contribution in [3.8, 4) is 0 Å². The van der Waals surface area contributed by atoms with E-state index in [1.165, 1.54) is 16.7 Å². The van der Waals surface area contributed by atoms with Crippen LogP contribution in [0.1, 0.15) is 30.0 Å². The average molecular weight is 284 g/mol. The molecule has 2 rings (SSSR count). The van der Waals surface area contributed by atoms with Crippen LogP contribution in [0.15, 0.2) is 30.6 Å². The Morgan fingerprint density at radius 2 is 2.05 bits per heavy atom. The highest BCUT2D eigenvalue weighted by Crippen LogP contribution is 2.25. The number of aryl methyl sites for hydroxylation is 1. The highest BCUT2D eigenvalue weighted by Gasteiger charge is 2.13. The number of rotatable bonds is 6. The summed E-state index contributed by atoms with van der Waals surface area (Å²) in [7, 11) is 4.00. The molecule has 0 aliphatic heterocycles. The van der Waals surface area contributed by atoms with Crippen LogP contribution in [0.25, 0.3) is 0 Å². The molecule has 0 atom stereocenters. The summed E-state index contributed by atoms with van der Waals surface area (Å²) in [5, 5.41) is 3.17. The number of aromatic nitrogens is 2. The molecule has 1 aromatic heterocycles. The molecule has 2 aromatic rings. The smallest absolute Gasteiger partial charge is 0.137 e. The van der Waals surface area contributed by atoms with Crippen molar-refractivity contribution < 1.29 is 0 Å². The molecular formula is C17H24N4. The van der Waals surface area contributed by atoms with E-state index in [1.807, 2.05) is 7.05 Å². The molecule has 0 amide bonds. The summed E-state index contributed by atoms with van der Waals surface area (Å²) in [5.41, 5.74) is 3.77. The van der Waals surface area contributed by atoms with Gasteiger partial charge in [0.15, 0.2) is 0 Å². The van der Waals surface area contributed by atoms with Crippen molar-refractivity contribution in [2.75, 3.05) is 24.3 Å². The Labute approximate surface area is 127 Å². The zero-order valence-electron chi connectivity index (χ0n) is 13.3. The predicted molar refractivity (Wildman–Crippen MR) is 88.9 cm³/mol. The molecule has 1 heterocycles. The largest absolute Gasteiger partial charge is 0.373 e. The lowest BCUT2D eigenvalue weighted by molar-refractivity contribution is 0.843. The minimum Gasteiger partial charge on any atom is -0.373 e. The summed E-state index contributed by atoms with van der Waals surface area (Å²) in [4.78, 5) is 11.0. The Balaban J connectivity index is 2.28. The molecule has 1 aromatic carbocycles. The molecule has 0 spiro atoms. The van der Waals surface area contributed by atoms with E-state index in [1.54, 1.807) is 6.33 Å². The number of anilines is 2. The molecule has 112 valence electrons. The number of benzene rings is 1. The quantitative estimate of drug-likeness (QED) is 0.882. The van der Waals surface area contributed by atoms with Crippen molar-refractivity contribution in [1.82, 2.24) is 9.97 Å². The molecule has 4 heteroatoms. The van der Waals surface area contributed by atoms with Crippen molar-refractivity contribution in [3.05, 3.63) is 47.3 Å². The van der Waals surface area contributed by atoms with Gasteiger partial charge in [-0.2, -0.15) is 0 Å². The summed E-state index contributed by atoms with van der Waals surface area (Å²) in [6.07, 6.45) is 3.69. The molecule has 0 aliphatic rings. The Morgan fingerprint density at radius 3 is 2.71 bits per heavy atom. The van der Waals surface area contributed by atoms with Crippen LogP contribution >= 0.6 is 0 Å². The fourth-order valence-electron chi connectivity index (χ4n) is 2.59. The van der Waals surface area contributed by atoms with Gasteiger partial charge >= 0.3 is 0 Å². The maximum absolute atomic E-state index is 4.50. The number of nitrogens with one attached hydrogen (secondary N) is 1. The summed E-state index contributed by atoms with van der Waals surface area (Å²) in [6, 6.07) is 8.60. The number of hydrogen-bond acceptors (Lipinski definition) is 4. The second-order valence-electron chi connectivity index (χ2n) is 5.37. The standard InChI is InChI=1S/C17H24N4/c1-5-7-15-16(18-3)19-12-20-17(15)21(4)11-14-9-6-8-13(2)10-14/h6,8-10,12H,5,7,11H2,1-4H3,(H,18,19,20). The van der Waals surface area contributed by atoms with Crippen LogP contribution in [0.2, 0.25) is 0 Å². The minimum atomic E-state index is 0.846. The predicted octanol–water partition coefficient (Wildman–Crippen LogP) is 3.42. The second-order valence-corrected chi connectivity index (χ2v) is 5.37. The fraction of sp³-hybridized carbons (Fsp3) is 0.412. The van der Waals surface area contributed by atoms with E-state index in [2.05, 4.69) is 65.3 Å². The summed E-state index contributed by atoms with van der Waals surface area (Å²) >= 11 is 0. The topological polar surface area (TPSA) is 41.1 Å². The summed E-state index contributed by atoms with van der Waals surface area (Å²) < 4.78 is 0. The van der Waals surface area contributed by atoms with Crippen LogP contribution in [-0.4, -0.2) is 24.1 Å². The van der Waals surface area contributed by atoms with Crippen LogP contribution in [0, 0.1) is 6.92 Å². The van der Waals surface area contributed by atoms with Crippen molar-refractivity contribution in [1.29, 1.82) is 0 Å². The van der Waals surface area contributed by atoms with E-state index in [0.717, 1.165) is 31.0 Å². The van der Waals surface area contributed by atoms with Crippen molar-refractivity contribution in [2.24, 2.45) is 0 Å². The van der Waals surface area contributed by atoms with Crippen LogP contribution < -0.4 is 10.2 Å². The van der Waals surface area contributed by atoms with Gasteiger partial charge in [-0.25, -0.2) is 9.97 Å². The molecular weight excluding hydrogens is 260 g/mol. The molecule has 0 bridgehead atoms. The first-order valence-electron chi connectivity index (χ1n) is 7.44. The van der Waals surface area contributed by atoms with Gasteiger partial charge in [0.05, 0.1) is 0 Å². The summed E-state index contributed by atoms with van der Waals surface area (Å²) in [6.45, 7) is 5.14. The number of nitrogens with zero attached hydrogens (tertiary/aromatic N) is 3. The lowest BCUT2D eigenvalue weighted by Crippen LogP contribution is -2.20. The highest BCUT2D eigenvalue weighted by atomic mass is 15.2. The Hall–Kier alpha value is -2.10. The van der Waals surface area contributed by atoms with Gasteiger partial charge in [-0.05, 0) is 18.9 Å². The Bertz CT molecular complexity index is 595. The van der Waals surface area contributed by atoms with Crippen molar-refractivity contribution in [3.63, 3.8) is 0 Å². The van der Waals surface area contributed by atoms with Crippen LogP contribution in [0.4, 0.5) is 11.6 Å². The molecule has 0 fully saturated rings. The van der Waals surface area contributed by atoms with E-state index in [-0.39, 0.29) is 0 Å². The molecule has 21 heavy (non-hydrogen) atoms. The van der Waals surface area contributed by atoms with E-state index in [0.29, 0.717) is 0 Å². The average Bonchev–Trinajstić information content (AvgIpc) is 2.47. The monoisotopic (exact) mass is 284 g/mol. The Morgan fingerprint density at radius 1 is 1.24 bits per heavy atom. The lowest BCUT2D eigenvalue weighted by Gasteiger charge is -2.22. The molecule has 4 nitrogen and oxygen atoms in total. The third kappa shape index (κ3) is 3.72. The zero-order valence-corrected chi connectivity index (χ0v) is 13.3. The molecule has 0 saturated heterocycles. The van der Waals surface area contributed by atoms with E-state index in [4.69, 9.17) is 0 Å². The van der Waals surface area contributed by atoms with Crippen molar-refractivity contribution >= 4 is 11.6 Å². The van der Waals surface area contributed by atoms with E-state index >= 15 is 0 Å². The van der Waals surface area contributed by atoms with Crippen LogP contribution in [0.3, 0.4) is 0 Å². The maximum atomic E-state index is 4.50. The third-order valence-corrected chi connectivity index (χ3v) is 3.52. The van der Waals surface area contributed by atoms with Gasteiger partial charge in [0.2, 0.25) is 0 Å². The minimum absolute atomic E-state index is 0.846. The molecule has 0 radical (unpaired) electrons. The van der Waals surface area contributed by atoms with Gasteiger partial charge in [-0.15, -0.1) is 0 Å². The van der Waals surface area contributed by atoms with Gasteiger partial charge in [-0.3, -0.25) is 0 Å². The van der Waals surface area contributed by atoms with Crippen molar-refractivity contribution in [2.45, 2.75) is 33.2 Å². The first-order valence-corrected chi connectivity index (χ1v) is 7.44. The Kier molecular flexibility index (Phi) is 5.14. The van der Waals surface area contributed by atoms with Gasteiger partial charge in [-0.1, -0.05) is 43.2 Å². The zero-order chi connectivity index (χ0) is 15.2. The fourth-order valence-corrected chi connectivity index (χ4v) is 2.59. The van der Waals surface area contributed by atoms with Gasteiger partial charge in [0.25, 0.3) is 0 Å². The van der Waals surface area contributed by atoms with Crippen LogP contribution in [0.5, 0.6) is 0 Å². The third-order valence-electron chi connectivity index (χ3n) is 3.52. The van der Waals surface area contributed by atoms with Gasteiger partial charge in [0, 0.05) is 26.2 Å². The van der Waals surface area contributed by atoms with Crippen LogP contribution in [-0.2, 0) is 13.0 Å². The second kappa shape index (κ2) is 7.07. The van der Waals surface area contributed by atoms with E-state index < -0.39 is 0 Å². The van der Waals surface area contributed by atoms with Gasteiger partial charge < -0.3 is 10.2 Å². The van der Waals surface area contributed by atoms with Gasteiger partial charge in [0.1, 0.15) is 18.0 Å². The first kappa shape index (κ1) is 15.3. The van der Waals surface area contributed by atoms with E-state index in [9.17, 15) is 0 Å². The first-order chi connectivity index (χ1) is 10.2. The maximum Gasteiger partial charge on any atom is 0.137 e. The normalized spacial score (nSPS) is 10.5. The summed E-state index contributed by atoms with van der Waals surface area (Å²) in [5.74, 6) is 1.94. The molecule has 0 unspecified atom stereocenters.